The number of nitrogens with zero attached hydrogens (tertiary/aromatic N) is 2. The molecule has 0 heterocycles. The van der Waals surface area contributed by atoms with Crippen LogP contribution in [0.4, 0.5) is 4.79 Å². The zero-order valence-corrected chi connectivity index (χ0v) is 9.42. The van der Waals surface area contributed by atoms with Crippen LogP contribution in [0.5, 0.6) is 0 Å². The van der Waals surface area contributed by atoms with E-state index in [0.717, 1.165) is 26.1 Å². The molecule has 0 bridgehead atoms. The van der Waals surface area contributed by atoms with Crippen LogP contribution in [0.2, 0.25) is 0 Å². The van der Waals surface area contributed by atoms with E-state index in [1.165, 1.54) is 0 Å². The number of urea groups is 1. The van der Waals surface area contributed by atoms with Gasteiger partial charge in [-0.25, -0.2) is 4.79 Å². The second-order valence-electron chi connectivity index (χ2n) is 3.08. The molecular weight excluding hydrogens is 176 g/mol. The number of hydrogen-bond acceptors (Lipinski definition) is 1. The van der Waals surface area contributed by atoms with Crippen LogP contribution < -0.4 is 0 Å². The van der Waals surface area contributed by atoms with Crippen LogP contribution in [0.25, 0.3) is 0 Å². The number of rotatable bonds is 5. The molecule has 80 valence electrons. The van der Waals surface area contributed by atoms with E-state index in [4.69, 9.17) is 6.42 Å². The summed E-state index contributed by atoms with van der Waals surface area (Å²) in [6, 6.07) is 0.0507. The highest BCUT2D eigenvalue weighted by molar-refractivity contribution is 5.74. The minimum absolute atomic E-state index is 0.0507. The van der Waals surface area contributed by atoms with E-state index in [9.17, 15) is 4.79 Å². The summed E-state index contributed by atoms with van der Waals surface area (Å²) in [5.41, 5.74) is 0. The second-order valence-corrected chi connectivity index (χ2v) is 3.08. The highest BCUT2D eigenvalue weighted by atomic mass is 16.2. The lowest BCUT2D eigenvalue weighted by molar-refractivity contribution is 0.163. The normalized spacial score (nSPS) is 9.29. The lowest BCUT2D eigenvalue weighted by atomic mass is 10.4. The Morgan fingerprint density at radius 3 is 2.14 bits per heavy atom. The van der Waals surface area contributed by atoms with Gasteiger partial charge in [0.1, 0.15) is 0 Å². The van der Waals surface area contributed by atoms with Gasteiger partial charge in [-0.15, -0.1) is 6.42 Å². The molecule has 0 radical (unpaired) electrons. The standard InChI is InChI=1S/C11H20N2O/c1-5-9-13(10-6-2)11(14)12(7-3)8-4/h1H,6-10H2,2-4H3. The summed E-state index contributed by atoms with van der Waals surface area (Å²) in [5.74, 6) is 2.51. The zero-order valence-electron chi connectivity index (χ0n) is 9.42. The minimum Gasteiger partial charge on any atom is -0.325 e. The lowest BCUT2D eigenvalue weighted by Crippen LogP contribution is -2.43. The van der Waals surface area contributed by atoms with Gasteiger partial charge < -0.3 is 9.80 Å². The van der Waals surface area contributed by atoms with Gasteiger partial charge in [-0.2, -0.15) is 0 Å². The maximum atomic E-state index is 11.8. The summed E-state index contributed by atoms with van der Waals surface area (Å²) in [6.45, 7) is 8.60. The number of amides is 2. The first-order chi connectivity index (χ1) is 6.71. The molecule has 0 aliphatic carbocycles. The molecular formula is C11H20N2O. The average Bonchev–Trinajstić information content (AvgIpc) is 2.19. The molecule has 0 saturated heterocycles. The molecule has 0 N–H and O–H groups in total. The van der Waals surface area contributed by atoms with Crippen molar-refractivity contribution in [3.63, 3.8) is 0 Å². The summed E-state index contributed by atoms with van der Waals surface area (Å²) in [5, 5.41) is 0. The largest absolute Gasteiger partial charge is 0.325 e. The molecule has 0 unspecified atom stereocenters. The number of hydrogen-bond donors (Lipinski definition) is 0. The van der Waals surface area contributed by atoms with Gasteiger partial charge in [0.15, 0.2) is 0 Å². The number of carbonyl (C=O) groups excluding carboxylic acids is 1. The summed E-state index contributed by atoms with van der Waals surface area (Å²) < 4.78 is 0. The third-order valence-corrected chi connectivity index (χ3v) is 2.08. The molecule has 3 nitrogen and oxygen atoms in total. The molecule has 2 amide bonds. The monoisotopic (exact) mass is 196 g/mol. The van der Waals surface area contributed by atoms with Crippen LogP contribution in [0.1, 0.15) is 27.2 Å². The fourth-order valence-electron chi connectivity index (χ4n) is 1.32. The van der Waals surface area contributed by atoms with Crippen molar-refractivity contribution in [2.75, 3.05) is 26.2 Å². The molecule has 14 heavy (non-hydrogen) atoms. The van der Waals surface area contributed by atoms with E-state index in [2.05, 4.69) is 5.92 Å². The Labute approximate surface area is 87.1 Å². The first-order valence-corrected chi connectivity index (χ1v) is 5.18. The van der Waals surface area contributed by atoms with Crippen LogP contribution in [0, 0.1) is 12.3 Å². The fraction of sp³-hybridized carbons (Fsp3) is 0.727. The average molecular weight is 196 g/mol. The third-order valence-electron chi connectivity index (χ3n) is 2.08. The Kier molecular flexibility index (Phi) is 6.65. The van der Waals surface area contributed by atoms with Crippen molar-refractivity contribution in [3.05, 3.63) is 0 Å². The quantitative estimate of drug-likeness (QED) is 0.615. The van der Waals surface area contributed by atoms with E-state index in [-0.39, 0.29) is 6.03 Å². The SMILES string of the molecule is C#CCN(CCC)C(=O)N(CC)CC. The van der Waals surface area contributed by atoms with Gasteiger partial charge in [0.05, 0.1) is 6.54 Å². The van der Waals surface area contributed by atoms with E-state index < -0.39 is 0 Å². The van der Waals surface area contributed by atoms with Crippen molar-refractivity contribution in [2.24, 2.45) is 0 Å². The molecule has 0 saturated carbocycles. The van der Waals surface area contributed by atoms with Crippen LogP contribution in [0.3, 0.4) is 0 Å². The highest BCUT2D eigenvalue weighted by Crippen LogP contribution is 1.99. The van der Waals surface area contributed by atoms with Crippen LogP contribution in [-0.2, 0) is 0 Å². The molecule has 0 spiro atoms. The predicted octanol–water partition coefficient (Wildman–Crippen LogP) is 1.79. The first-order valence-electron chi connectivity index (χ1n) is 5.18. The van der Waals surface area contributed by atoms with E-state index in [1.807, 2.05) is 20.8 Å². The Bertz CT molecular complexity index is 204. The van der Waals surface area contributed by atoms with Crippen molar-refractivity contribution >= 4 is 6.03 Å². The van der Waals surface area contributed by atoms with Gasteiger partial charge in [-0.3, -0.25) is 0 Å². The molecule has 0 rings (SSSR count). The summed E-state index contributed by atoms with van der Waals surface area (Å²) in [4.78, 5) is 15.3. The van der Waals surface area contributed by atoms with Crippen molar-refractivity contribution in [2.45, 2.75) is 27.2 Å². The molecule has 0 fully saturated rings. The molecule has 0 aromatic rings. The Balaban J connectivity index is 4.33. The van der Waals surface area contributed by atoms with Gasteiger partial charge in [-0.05, 0) is 20.3 Å². The Morgan fingerprint density at radius 1 is 1.21 bits per heavy atom. The number of carbonyl (C=O) groups is 1. The fourth-order valence-corrected chi connectivity index (χ4v) is 1.32. The summed E-state index contributed by atoms with van der Waals surface area (Å²) >= 11 is 0. The van der Waals surface area contributed by atoms with Gasteiger partial charge in [0.25, 0.3) is 0 Å². The van der Waals surface area contributed by atoms with Crippen molar-refractivity contribution in [1.29, 1.82) is 0 Å². The molecule has 0 atom stereocenters. The summed E-state index contributed by atoms with van der Waals surface area (Å²) in [7, 11) is 0. The number of terminal acetylenes is 1. The van der Waals surface area contributed by atoms with Crippen LogP contribution in [-0.4, -0.2) is 42.0 Å². The maximum Gasteiger partial charge on any atom is 0.320 e. The first kappa shape index (κ1) is 12.8. The molecule has 0 aromatic heterocycles. The van der Waals surface area contributed by atoms with E-state index in [0.29, 0.717) is 6.54 Å². The molecule has 0 aliphatic heterocycles. The highest BCUT2D eigenvalue weighted by Gasteiger charge is 2.16. The predicted molar refractivity (Wildman–Crippen MR) is 59.0 cm³/mol. The minimum atomic E-state index is 0.0507. The van der Waals surface area contributed by atoms with Crippen molar-refractivity contribution < 1.29 is 4.79 Å². The van der Waals surface area contributed by atoms with E-state index >= 15 is 0 Å². The van der Waals surface area contributed by atoms with Gasteiger partial charge in [0.2, 0.25) is 0 Å². The van der Waals surface area contributed by atoms with Gasteiger partial charge in [-0.1, -0.05) is 12.8 Å². The van der Waals surface area contributed by atoms with Crippen LogP contribution >= 0.6 is 0 Å². The van der Waals surface area contributed by atoms with Crippen molar-refractivity contribution in [3.8, 4) is 12.3 Å². The van der Waals surface area contributed by atoms with Gasteiger partial charge >= 0.3 is 6.03 Å². The van der Waals surface area contributed by atoms with Gasteiger partial charge in [0, 0.05) is 19.6 Å². The zero-order chi connectivity index (χ0) is 11.0. The molecule has 0 aromatic carbocycles. The smallest absolute Gasteiger partial charge is 0.320 e. The van der Waals surface area contributed by atoms with Crippen molar-refractivity contribution in [1.82, 2.24) is 9.80 Å². The third kappa shape index (κ3) is 3.69. The van der Waals surface area contributed by atoms with Crippen LogP contribution in [0.15, 0.2) is 0 Å². The maximum absolute atomic E-state index is 11.8. The lowest BCUT2D eigenvalue weighted by Gasteiger charge is -2.27. The summed E-state index contributed by atoms with van der Waals surface area (Å²) in [6.07, 6.45) is 6.16. The topological polar surface area (TPSA) is 23.6 Å². The molecule has 0 aliphatic rings. The van der Waals surface area contributed by atoms with E-state index in [1.54, 1.807) is 9.80 Å². The Morgan fingerprint density at radius 2 is 1.79 bits per heavy atom. The molecule has 3 heteroatoms. The second kappa shape index (κ2) is 7.25. The Hall–Kier alpha value is -1.17.